The first-order chi connectivity index (χ1) is 11.8. The second-order valence-electron chi connectivity index (χ2n) is 13.9. The summed E-state index contributed by atoms with van der Waals surface area (Å²) in [6, 6.07) is 0. The minimum absolute atomic E-state index is 0.317. The van der Waals surface area contributed by atoms with Crippen molar-refractivity contribution in [3.8, 4) is 0 Å². The van der Waals surface area contributed by atoms with Crippen molar-refractivity contribution in [3.63, 3.8) is 0 Å². The minimum atomic E-state index is 0.317. The van der Waals surface area contributed by atoms with Crippen LogP contribution in [0.3, 0.4) is 0 Å². The summed E-state index contributed by atoms with van der Waals surface area (Å²) >= 11 is 0. The Kier molecular flexibility index (Phi) is 7.22. The highest BCUT2D eigenvalue weighted by molar-refractivity contribution is 5.08. The van der Waals surface area contributed by atoms with Crippen LogP contribution in [0.5, 0.6) is 0 Å². The topological polar surface area (TPSA) is 0 Å². The average Bonchev–Trinajstić information content (AvgIpc) is 2.38. The lowest BCUT2D eigenvalue weighted by Crippen LogP contribution is -2.59. The van der Waals surface area contributed by atoms with E-state index < -0.39 is 0 Å². The highest BCUT2D eigenvalue weighted by Crippen LogP contribution is 2.64. The zero-order valence-electron chi connectivity index (χ0n) is 21.3. The number of hydrogen-bond donors (Lipinski definition) is 0. The van der Waals surface area contributed by atoms with Gasteiger partial charge in [-0.2, -0.15) is 0 Å². The van der Waals surface area contributed by atoms with E-state index in [1.807, 2.05) is 0 Å². The molecule has 160 valence electrons. The Morgan fingerprint density at radius 1 is 0.556 bits per heavy atom. The van der Waals surface area contributed by atoms with Gasteiger partial charge in [0, 0.05) is 0 Å². The van der Waals surface area contributed by atoms with E-state index >= 15 is 0 Å². The van der Waals surface area contributed by atoms with E-state index in [1.165, 1.54) is 6.42 Å². The maximum Gasteiger partial charge on any atom is -0.0293 e. The van der Waals surface area contributed by atoms with E-state index in [9.17, 15) is 0 Å². The van der Waals surface area contributed by atoms with Crippen LogP contribution < -0.4 is 0 Å². The molecule has 27 heavy (non-hydrogen) atoms. The predicted octanol–water partition coefficient (Wildman–Crippen LogP) is 8.87. The highest BCUT2D eigenvalue weighted by Gasteiger charge is 2.59. The standard InChI is InChI=1S/C27H52/c1-15-16-17-19-20(24(3,4)5)18(2)21(25(6,7)8)23(27(12,13)14)22(19)26(9,10)11/h15-16,18-23H,17H2,1-14H3/b16-15+/t18-,19?,20?,21?,22?,23?/m0/s1. The van der Waals surface area contributed by atoms with E-state index in [2.05, 4.69) is 109 Å². The molecule has 0 N–H and O–H groups in total. The molecule has 1 aliphatic carbocycles. The molecule has 0 heterocycles. The molecule has 5 unspecified atom stereocenters. The quantitative estimate of drug-likeness (QED) is 0.422. The van der Waals surface area contributed by atoms with Gasteiger partial charge in [0.05, 0.1) is 0 Å². The maximum atomic E-state index is 2.59. The molecule has 0 aromatic heterocycles. The second-order valence-corrected chi connectivity index (χ2v) is 13.9. The van der Waals surface area contributed by atoms with Crippen LogP contribution in [-0.4, -0.2) is 0 Å². The summed E-state index contributed by atoms with van der Waals surface area (Å²) in [5, 5.41) is 0. The maximum absolute atomic E-state index is 2.59. The van der Waals surface area contributed by atoms with Crippen LogP contribution >= 0.6 is 0 Å². The van der Waals surface area contributed by atoms with Crippen molar-refractivity contribution in [1.29, 1.82) is 0 Å². The van der Waals surface area contributed by atoms with Crippen molar-refractivity contribution in [1.82, 2.24) is 0 Å². The lowest BCUT2D eigenvalue weighted by atomic mass is 9.41. The molecule has 1 fully saturated rings. The van der Waals surface area contributed by atoms with Crippen LogP contribution in [0.2, 0.25) is 0 Å². The van der Waals surface area contributed by atoms with Gasteiger partial charge < -0.3 is 0 Å². The van der Waals surface area contributed by atoms with Crippen molar-refractivity contribution in [3.05, 3.63) is 12.2 Å². The van der Waals surface area contributed by atoms with Gasteiger partial charge in [0.25, 0.3) is 0 Å². The molecule has 0 nitrogen and oxygen atoms in total. The van der Waals surface area contributed by atoms with E-state index in [0.29, 0.717) is 21.7 Å². The third-order valence-corrected chi connectivity index (χ3v) is 7.47. The zero-order chi connectivity index (χ0) is 21.6. The van der Waals surface area contributed by atoms with Crippen molar-refractivity contribution >= 4 is 0 Å². The molecule has 0 spiro atoms. The molecule has 1 rings (SSSR count). The van der Waals surface area contributed by atoms with Crippen LogP contribution in [0, 0.1) is 57.2 Å². The van der Waals surface area contributed by atoms with Crippen LogP contribution in [-0.2, 0) is 0 Å². The summed E-state index contributed by atoms with van der Waals surface area (Å²) in [4.78, 5) is 0. The normalized spacial score (nSPS) is 34.3. The number of hydrogen-bond acceptors (Lipinski definition) is 0. The smallest absolute Gasteiger partial charge is 0.0293 e. The van der Waals surface area contributed by atoms with Gasteiger partial charge in [0.1, 0.15) is 0 Å². The first-order valence-corrected chi connectivity index (χ1v) is 11.5. The largest absolute Gasteiger partial charge is 0.0917 e. The summed E-state index contributed by atoms with van der Waals surface area (Å²) in [6.45, 7) is 34.8. The van der Waals surface area contributed by atoms with Gasteiger partial charge in [-0.05, 0) is 70.5 Å². The highest BCUT2D eigenvalue weighted by atomic mass is 14.6. The summed E-state index contributed by atoms with van der Waals surface area (Å²) < 4.78 is 0. The van der Waals surface area contributed by atoms with Crippen LogP contribution in [0.15, 0.2) is 12.2 Å². The fraction of sp³-hybridized carbons (Fsp3) is 0.926. The first kappa shape index (κ1) is 24.8. The molecule has 1 saturated carbocycles. The van der Waals surface area contributed by atoms with Gasteiger partial charge in [-0.25, -0.2) is 0 Å². The Hall–Kier alpha value is -0.260. The molecule has 0 aromatic rings. The Morgan fingerprint density at radius 3 is 1.22 bits per heavy atom. The lowest BCUT2D eigenvalue weighted by Gasteiger charge is -2.64. The SMILES string of the molecule is C/C=C/CC1C(C(C)(C)C)C(C(C)(C)C)C(C(C)(C)C)[C@@H](C)C1C(C)(C)C. The van der Waals surface area contributed by atoms with Crippen molar-refractivity contribution in [2.45, 2.75) is 103 Å². The Morgan fingerprint density at radius 2 is 0.926 bits per heavy atom. The van der Waals surface area contributed by atoms with E-state index in [4.69, 9.17) is 0 Å². The molecule has 0 radical (unpaired) electrons. The molecule has 0 aromatic carbocycles. The first-order valence-electron chi connectivity index (χ1n) is 11.5. The third-order valence-electron chi connectivity index (χ3n) is 7.47. The van der Waals surface area contributed by atoms with Crippen LogP contribution in [0.4, 0.5) is 0 Å². The Labute approximate surface area is 173 Å². The fourth-order valence-corrected chi connectivity index (χ4v) is 7.26. The molecule has 1 aliphatic rings. The zero-order valence-corrected chi connectivity index (χ0v) is 21.3. The van der Waals surface area contributed by atoms with Crippen LogP contribution in [0.1, 0.15) is 103 Å². The van der Waals surface area contributed by atoms with Crippen molar-refractivity contribution < 1.29 is 0 Å². The minimum Gasteiger partial charge on any atom is -0.0917 e. The summed E-state index contributed by atoms with van der Waals surface area (Å²) in [5.74, 6) is 4.45. The molecule has 0 heteroatoms. The molecule has 6 atom stereocenters. The number of allylic oxidation sites excluding steroid dienone is 2. The van der Waals surface area contributed by atoms with Crippen molar-refractivity contribution in [2.24, 2.45) is 57.2 Å². The van der Waals surface area contributed by atoms with Gasteiger partial charge in [-0.3, -0.25) is 0 Å². The van der Waals surface area contributed by atoms with E-state index in [1.54, 1.807) is 0 Å². The Balaban J connectivity index is 3.78. The van der Waals surface area contributed by atoms with Gasteiger partial charge in [0.2, 0.25) is 0 Å². The molecular formula is C27H52. The van der Waals surface area contributed by atoms with Gasteiger partial charge in [-0.1, -0.05) is 102 Å². The monoisotopic (exact) mass is 376 g/mol. The average molecular weight is 377 g/mol. The predicted molar refractivity (Wildman–Crippen MR) is 124 cm³/mol. The second kappa shape index (κ2) is 7.87. The molecular weight excluding hydrogens is 324 g/mol. The fourth-order valence-electron chi connectivity index (χ4n) is 7.26. The molecule has 0 aliphatic heterocycles. The summed E-state index contributed by atoms with van der Waals surface area (Å²) in [6.07, 6.45) is 5.95. The Bertz CT molecular complexity index is 494. The van der Waals surface area contributed by atoms with E-state index in [0.717, 1.165) is 35.5 Å². The van der Waals surface area contributed by atoms with Gasteiger partial charge >= 0.3 is 0 Å². The van der Waals surface area contributed by atoms with E-state index in [-0.39, 0.29) is 0 Å². The van der Waals surface area contributed by atoms with Gasteiger partial charge in [0.15, 0.2) is 0 Å². The number of rotatable bonds is 2. The molecule has 0 saturated heterocycles. The summed E-state index contributed by atoms with van der Waals surface area (Å²) in [5.41, 5.74) is 1.30. The van der Waals surface area contributed by atoms with Crippen molar-refractivity contribution in [2.75, 3.05) is 0 Å². The molecule has 0 bridgehead atoms. The van der Waals surface area contributed by atoms with Crippen LogP contribution in [0.25, 0.3) is 0 Å². The summed E-state index contributed by atoms with van der Waals surface area (Å²) in [7, 11) is 0. The lowest BCUT2D eigenvalue weighted by molar-refractivity contribution is -0.160. The third kappa shape index (κ3) is 5.42. The van der Waals surface area contributed by atoms with Gasteiger partial charge in [-0.15, -0.1) is 0 Å². The molecule has 0 amide bonds.